The summed E-state index contributed by atoms with van der Waals surface area (Å²) in [6.45, 7) is 9.20. The van der Waals surface area contributed by atoms with Crippen LogP contribution in [0.5, 0.6) is 0 Å². The topological polar surface area (TPSA) is 32.3 Å². The Morgan fingerprint density at radius 3 is 2.74 bits per heavy atom. The summed E-state index contributed by atoms with van der Waals surface area (Å²) in [6.07, 6.45) is 1.52. The van der Waals surface area contributed by atoms with Gasteiger partial charge in [0.2, 0.25) is 5.91 Å². The number of amides is 1. The molecule has 1 aromatic carbocycles. The fraction of sp³-hybridized carbons (Fsp3) is 0.562. The monoisotopic (exact) mass is 260 g/mol. The number of nitrogens with zero attached hydrogens (tertiary/aromatic N) is 1. The highest BCUT2D eigenvalue weighted by molar-refractivity contribution is 5.96. The Morgan fingerprint density at radius 2 is 2.05 bits per heavy atom. The van der Waals surface area contributed by atoms with Gasteiger partial charge < -0.3 is 10.2 Å². The minimum Gasteiger partial charge on any atom is -0.312 e. The van der Waals surface area contributed by atoms with E-state index in [1.807, 2.05) is 23.1 Å². The Hall–Kier alpha value is -1.35. The molecular weight excluding hydrogens is 236 g/mol. The molecule has 3 nitrogen and oxygen atoms in total. The maximum atomic E-state index is 12.4. The van der Waals surface area contributed by atoms with E-state index in [4.69, 9.17) is 0 Å². The Labute approximate surface area is 116 Å². The summed E-state index contributed by atoms with van der Waals surface area (Å²) in [4.78, 5) is 14.3. The van der Waals surface area contributed by atoms with Crippen LogP contribution in [0.1, 0.15) is 39.7 Å². The van der Waals surface area contributed by atoms with E-state index in [1.54, 1.807) is 0 Å². The summed E-state index contributed by atoms with van der Waals surface area (Å²) in [5, 5.41) is 3.37. The third kappa shape index (κ3) is 3.35. The van der Waals surface area contributed by atoms with Gasteiger partial charge in [-0.3, -0.25) is 4.79 Å². The molecule has 2 rings (SSSR count). The summed E-state index contributed by atoms with van der Waals surface area (Å²) in [7, 11) is 0. The third-order valence-electron chi connectivity index (χ3n) is 3.47. The molecule has 1 N–H and O–H groups in total. The Morgan fingerprint density at radius 1 is 1.37 bits per heavy atom. The zero-order valence-electron chi connectivity index (χ0n) is 12.4. The van der Waals surface area contributed by atoms with Gasteiger partial charge in [0, 0.05) is 30.2 Å². The highest BCUT2D eigenvalue weighted by Gasteiger charge is 2.30. The largest absolute Gasteiger partial charge is 0.312 e. The Balaban J connectivity index is 2.00. The smallest absolute Gasteiger partial charge is 0.228 e. The second-order valence-corrected chi connectivity index (χ2v) is 6.37. The van der Waals surface area contributed by atoms with Gasteiger partial charge in [0.05, 0.1) is 0 Å². The van der Waals surface area contributed by atoms with Crippen molar-refractivity contribution in [3.63, 3.8) is 0 Å². The van der Waals surface area contributed by atoms with Crippen molar-refractivity contribution in [2.45, 2.75) is 52.1 Å². The fourth-order valence-electron chi connectivity index (χ4n) is 2.61. The molecule has 0 bridgehead atoms. The number of carbonyl (C=O) groups excluding carboxylic acids is 1. The quantitative estimate of drug-likeness (QED) is 0.906. The van der Waals surface area contributed by atoms with Gasteiger partial charge in [-0.15, -0.1) is 0 Å². The molecule has 0 saturated carbocycles. The number of nitrogens with one attached hydrogen (secondary N) is 1. The highest BCUT2D eigenvalue weighted by Crippen LogP contribution is 2.32. The first-order valence-electron chi connectivity index (χ1n) is 7.03. The standard InChI is InChI=1S/C16H24N2O/c1-12-11-13-7-5-6-8-14(13)18(12)15(19)9-10-17-16(2,3)4/h5-8,12,17H,9-11H2,1-4H3. The zero-order valence-corrected chi connectivity index (χ0v) is 12.4. The van der Waals surface area contributed by atoms with Gasteiger partial charge >= 0.3 is 0 Å². The minimum atomic E-state index is 0.0643. The van der Waals surface area contributed by atoms with E-state index in [1.165, 1.54) is 5.56 Å². The number of carbonyl (C=O) groups is 1. The number of anilines is 1. The van der Waals surface area contributed by atoms with Crippen LogP contribution in [-0.2, 0) is 11.2 Å². The van der Waals surface area contributed by atoms with E-state index in [2.05, 4.69) is 39.1 Å². The molecule has 0 aromatic heterocycles. The predicted octanol–water partition coefficient (Wildman–Crippen LogP) is 2.74. The summed E-state index contributed by atoms with van der Waals surface area (Å²) in [6, 6.07) is 8.49. The van der Waals surface area contributed by atoms with Gasteiger partial charge in [0.1, 0.15) is 0 Å². The van der Waals surface area contributed by atoms with E-state index in [-0.39, 0.29) is 17.5 Å². The number of hydrogen-bond acceptors (Lipinski definition) is 2. The fourth-order valence-corrected chi connectivity index (χ4v) is 2.61. The van der Waals surface area contributed by atoms with Crippen molar-refractivity contribution in [1.82, 2.24) is 5.32 Å². The van der Waals surface area contributed by atoms with E-state index in [0.29, 0.717) is 6.42 Å². The molecule has 1 unspecified atom stereocenters. The van der Waals surface area contributed by atoms with Crippen molar-refractivity contribution < 1.29 is 4.79 Å². The summed E-state index contributed by atoms with van der Waals surface area (Å²) in [5.74, 6) is 0.217. The Bertz CT molecular complexity index is 462. The van der Waals surface area contributed by atoms with Crippen molar-refractivity contribution in [3.8, 4) is 0 Å². The molecule has 0 aliphatic carbocycles. The van der Waals surface area contributed by atoms with Gasteiger partial charge in [-0.2, -0.15) is 0 Å². The van der Waals surface area contributed by atoms with Crippen LogP contribution in [0.2, 0.25) is 0 Å². The van der Waals surface area contributed by atoms with Crippen LogP contribution in [0, 0.1) is 0 Å². The van der Waals surface area contributed by atoms with Crippen LogP contribution < -0.4 is 10.2 Å². The Kier molecular flexibility index (Phi) is 3.95. The first-order valence-corrected chi connectivity index (χ1v) is 7.03. The minimum absolute atomic E-state index is 0.0643. The maximum Gasteiger partial charge on any atom is 0.228 e. The lowest BCUT2D eigenvalue weighted by Crippen LogP contribution is -2.41. The lowest BCUT2D eigenvalue weighted by Gasteiger charge is -2.25. The summed E-state index contributed by atoms with van der Waals surface area (Å²) >= 11 is 0. The van der Waals surface area contributed by atoms with Crippen LogP contribution in [-0.4, -0.2) is 24.0 Å². The van der Waals surface area contributed by atoms with Gasteiger partial charge in [-0.25, -0.2) is 0 Å². The molecule has 1 atom stereocenters. The van der Waals surface area contributed by atoms with Crippen molar-refractivity contribution in [1.29, 1.82) is 0 Å². The molecule has 0 saturated heterocycles. The van der Waals surface area contributed by atoms with E-state index in [0.717, 1.165) is 18.7 Å². The van der Waals surface area contributed by atoms with Crippen LogP contribution in [0.4, 0.5) is 5.69 Å². The van der Waals surface area contributed by atoms with Crippen molar-refractivity contribution in [3.05, 3.63) is 29.8 Å². The molecule has 1 aliphatic heterocycles. The third-order valence-corrected chi connectivity index (χ3v) is 3.47. The van der Waals surface area contributed by atoms with E-state index in [9.17, 15) is 4.79 Å². The maximum absolute atomic E-state index is 12.4. The number of hydrogen-bond donors (Lipinski definition) is 1. The molecule has 1 aromatic rings. The van der Waals surface area contributed by atoms with Crippen molar-refractivity contribution in [2.75, 3.05) is 11.4 Å². The second kappa shape index (κ2) is 5.33. The molecular formula is C16H24N2O. The number of rotatable bonds is 3. The number of para-hydroxylation sites is 1. The predicted molar refractivity (Wildman–Crippen MR) is 79.5 cm³/mol. The van der Waals surface area contributed by atoms with Gasteiger partial charge in [-0.05, 0) is 45.7 Å². The van der Waals surface area contributed by atoms with Gasteiger partial charge in [0.15, 0.2) is 0 Å². The molecule has 3 heteroatoms. The highest BCUT2D eigenvalue weighted by atomic mass is 16.2. The first-order chi connectivity index (χ1) is 8.88. The number of benzene rings is 1. The van der Waals surface area contributed by atoms with E-state index >= 15 is 0 Å². The molecule has 0 radical (unpaired) electrons. The molecule has 1 heterocycles. The number of fused-ring (bicyclic) bond motifs is 1. The van der Waals surface area contributed by atoms with Crippen LogP contribution >= 0.6 is 0 Å². The van der Waals surface area contributed by atoms with E-state index < -0.39 is 0 Å². The average Bonchev–Trinajstić information content (AvgIpc) is 2.63. The van der Waals surface area contributed by atoms with Gasteiger partial charge in [-0.1, -0.05) is 18.2 Å². The zero-order chi connectivity index (χ0) is 14.0. The SMILES string of the molecule is CC1Cc2ccccc2N1C(=O)CCNC(C)(C)C. The molecule has 1 amide bonds. The van der Waals surface area contributed by atoms with Crippen molar-refractivity contribution in [2.24, 2.45) is 0 Å². The van der Waals surface area contributed by atoms with Gasteiger partial charge in [0.25, 0.3) is 0 Å². The molecule has 104 valence electrons. The van der Waals surface area contributed by atoms with Crippen LogP contribution in [0.3, 0.4) is 0 Å². The lowest BCUT2D eigenvalue weighted by atomic mass is 10.1. The first kappa shape index (κ1) is 14.1. The average molecular weight is 260 g/mol. The van der Waals surface area contributed by atoms with Crippen molar-refractivity contribution >= 4 is 11.6 Å². The molecule has 0 spiro atoms. The van der Waals surface area contributed by atoms with Crippen LogP contribution in [0.25, 0.3) is 0 Å². The lowest BCUT2D eigenvalue weighted by molar-refractivity contribution is -0.118. The summed E-state index contributed by atoms with van der Waals surface area (Å²) < 4.78 is 0. The normalized spacial score (nSPS) is 18.5. The summed E-state index contributed by atoms with van der Waals surface area (Å²) in [5.41, 5.74) is 2.44. The molecule has 19 heavy (non-hydrogen) atoms. The second-order valence-electron chi connectivity index (χ2n) is 6.37. The molecule has 1 aliphatic rings. The van der Waals surface area contributed by atoms with Crippen LogP contribution in [0.15, 0.2) is 24.3 Å². The molecule has 0 fully saturated rings.